The number of carbonyl (C=O) groups is 1. The SMILES string of the molecule is COc1ccc(/C=C/C(=O)c2cccc(OC(F)F)c2)cc1COc1ccc(Br)cc1. The van der Waals surface area contributed by atoms with Crippen LogP contribution in [0.15, 0.2) is 77.3 Å². The number of hydrogen-bond donors (Lipinski definition) is 0. The quantitative estimate of drug-likeness (QED) is 0.253. The van der Waals surface area contributed by atoms with Gasteiger partial charge in [-0.1, -0.05) is 40.2 Å². The molecule has 0 aliphatic rings. The molecule has 0 amide bonds. The fourth-order valence-corrected chi connectivity index (χ4v) is 3.06. The van der Waals surface area contributed by atoms with E-state index < -0.39 is 6.61 Å². The molecule has 0 aliphatic carbocycles. The van der Waals surface area contributed by atoms with Crippen LogP contribution in [0.3, 0.4) is 0 Å². The summed E-state index contributed by atoms with van der Waals surface area (Å²) in [6.45, 7) is -2.66. The molecule has 3 rings (SSSR count). The van der Waals surface area contributed by atoms with E-state index in [1.54, 1.807) is 19.3 Å². The van der Waals surface area contributed by atoms with Crippen LogP contribution in [0.2, 0.25) is 0 Å². The topological polar surface area (TPSA) is 44.8 Å². The second-order valence-electron chi connectivity index (χ2n) is 6.42. The van der Waals surface area contributed by atoms with Gasteiger partial charge in [-0.25, -0.2) is 0 Å². The lowest BCUT2D eigenvalue weighted by Gasteiger charge is -2.11. The van der Waals surface area contributed by atoms with Crippen LogP contribution in [0.5, 0.6) is 17.2 Å². The van der Waals surface area contributed by atoms with Gasteiger partial charge >= 0.3 is 6.61 Å². The molecule has 0 aliphatic heterocycles. The Labute approximate surface area is 187 Å². The van der Waals surface area contributed by atoms with Crippen molar-refractivity contribution in [2.75, 3.05) is 7.11 Å². The fourth-order valence-electron chi connectivity index (χ4n) is 2.80. The van der Waals surface area contributed by atoms with Crippen LogP contribution in [0.25, 0.3) is 6.08 Å². The molecule has 0 aromatic heterocycles. The van der Waals surface area contributed by atoms with Crippen LogP contribution < -0.4 is 14.2 Å². The first-order chi connectivity index (χ1) is 14.9. The molecule has 0 saturated carbocycles. The van der Waals surface area contributed by atoms with E-state index in [-0.39, 0.29) is 23.7 Å². The lowest BCUT2D eigenvalue weighted by Crippen LogP contribution is -2.03. The zero-order valence-electron chi connectivity index (χ0n) is 16.6. The summed E-state index contributed by atoms with van der Waals surface area (Å²) >= 11 is 3.38. The third-order valence-electron chi connectivity index (χ3n) is 4.28. The van der Waals surface area contributed by atoms with Crippen LogP contribution in [0.1, 0.15) is 21.5 Å². The van der Waals surface area contributed by atoms with Crippen molar-refractivity contribution in [2.24, 2.45) is 0 Å². The Kier molecular flexibility index (Phi) is 7.78. The molecule has 3 aromatic rings. The maximum absolute atomic E-state index is 12.4. The van der Waals surface area contributed by atoms with E-state index in [9.17, 15) is 13.6 Å². The molecule has 0 atom stereocenters. The average Bonchev–Trinajstić information content (AvgIpc) is 2.77. The fraction of sp³-hybridized carbons (Fsp3) is 0.125. The van der Waals surface area contributed by atoms with Crippen LogP contribution >= 0.6 is 15.9 Å². The van der Waals surface area contributed by atoms with E-state index in [2.05, 4.69) is 20.7 Å². The summed E-state index contributed by atoms with van der Waals surface area (Å²) in [5.41, 5.74) is 1.83. The van der Waals surface area contributed by atoms with Crippen molar-refractivity contribution in [3.63, 3.8) is 0 Å². The van der Waals surface area contributed by atoms with Gasteiger partial charge < -0.3 is 14.2 Å². The van der Waals surface area contributed by atoms with Gasteiger partial charge in [0.25, 0.3) is 0 Å². The second kappa shape index (κ2) is 10.7. The van der Waals surface area contributed by atoms with Gasteiger partial charge in [0, 0.05) is 15.6 Å². The average molecular weight is 489 g/mol. The number of ketones is 1. The van der Waals surface area contributed by atoms with Gasteiger partial charge in [0.1, 0.15) is 23.9 Å². The number of benzene rings is 3. The van der Waals surface area contributed by atoms with Gasteiger partial charge in [-0.05, 0) is 60.2 Å². The van der Waals surface area contributed by atoms with Crippen molar-refractivity contribution in [1.82, 2.24) is 0 Å². The van der Waals surface area contributed by atoms with Gasteiger partial charge in [-0.15, -0.1) is 0 Å². The van der Waals surface area contributed by atoms with Gasteiger partial charge in [-0.2, -0.15) is 8.78 Å². The zero-order chi connectivity index (χ0) is 22.2. The van der Waals surface area contributed by atoms with Crippen molar-refractivity contribution in [1.29, 1.82) is 0 Å². The molecule has 0 saturated heterocycles. The van der Waals surface area contributed by atoms with Crippen molar-refractivity contribution in [3.05, 3.63) is 94.0 Å². The Hall–Kier alpha value is -3.19. The minimum Gasteiger partial charge on any atom is -0.496 e. The zero-order valence-corrected chi connectivity index (χ0v) is 18.1. The van der Waals surface area contributed by atoms with Crippen molar-refractivity contribution < 1.29 is 27.8 Å². The number of carbonyl (C=O) groups excluding carboxylic acids is 1. The number of allylic oxidation sites excluding steroid dienone is 1. The largest absolute Gasteiger partial charge is 0.496 e. The van der Waals surface area contributed by atoms with E-state index in [0.29, 0.717) is 11.5 Å². The molecule has 0 heterocycles. The highest BCUT2D eigenvalue weighted by Crippen LogP contribution is 2.24. The smallest absolute Gasteiger partial charge is 0.387 e. The molecular weight excluding hydrogens is 470 g/mol. The molecule has 0 fully saturated rings. The summed E-state index contributed by atoms with van der Waals surface area (Å²) in [6, 6.07) is 18.6. The molecular formula is C24H19BrF2O4. The summed E-state index contributed by atoms with van der Waals surface area (Å²) in [5, 5.41) is 0. The summed E-state index contributed by atoms with van der Waals surface area (Å²) in [5.74, 6) is 0.985. The Morgan fingerprint density at radius 3 is 2.52 bits per heavy atom. The Balaban J connectivity index is 1.72. The van der Waals surface area contributed by atoms with Crippen LogP contribution in [0.4, 0.5) is 8.78 Å². The summed E-state index contributed by atoms with van der Waals surface area (Å²) in [4.78, 5) is 12.4. The van der Waals surface area contributed by atoms with E-state index >= 15 is 0 Å². The Bertz CT molecular complexity index is 1070. The number of ether oxygens (including phenoxy) is 3. The molecule has 4 nitrogen and oxygen atoms in total. The van der Waals surface area contributed by atoms with Crippen molar-refractivity contribution in [3.8, 4) is 17.2 Å². The van der Waals surface area contributed by atoms with E-state index in [1.165, 1.54) is 30.3 Å². The normalized spacial score (nSPS) is 11.0. The minimum atomic E-state index is -2.95. The molecule has 7 heteroatoms. The first kappa shape index (κ1) is 22.5. The van der Waals surface area contributed by atoms with Crippen LogP contribution in [-0.4, -0.2) is 19.5 Å². The predicted octanol–water partition coefficient (Wildman–Crippen LogP) is 6.53. The second-order valence-corrected chi connectivity index (χ2v) is 7.33. The lowest BCUT2D eigenvalue weighted by molar-refractivity contribution is -0.0498. The minimum absolute atomic E-state index is 0.0638. The van der Waals surface area contributed by atoms with Gasteiger partial charge in [-0.3, -0.25) is 4.79 Å². The predicted molar refractivity (Wildman–Crippen MR) is 118 cm³/mol. The summed E-state index contributed by atoms with van der Waals surface area (Å²) in [6.07, 6.45) is 3.02. The van der Waals surface area contributed by atoms with Gasteiger partial charge in [0.2, 0.25) is 0 Å². The molecule has 0 radical (unpaired) electrons. The van der Waals surface area contributed by atoms with E-state index in [1.807, 2.05) is 36.4 Å². The first-order valence-corrected chi connectivity index (χ1v) is 10.1. The molecule has 0 unspecified atom stereocenters. The number of methoxy groups -OCH3 is 1. The van der Waals surface area contributed by atoms with Gasteiger partial charge in [0.15, 0.2) is 5.78 Å². The van der Waals surface area contributed by atoms with E-state index in [0.717, 1.165) is 15.6 Å². The molecule has 0 spiro atoms. The number of rotatable bonds is 9. The molecule has 160 valence electrons. The van der Waals surface area contributed by atoms with Crippen molar-refractivity contribution in [2.45, 2.75) is 13.2 Å². The molecule has 0 bridgehead atoms. The highest BCUT2D eigenvalue weighted by molar-refractivity contribution is 9.10. The first-order valence-electron chi connectivity index (χ1n) is 9.27. The monoisotopic (exact) mass is 488 g/mol. The number of halogens is 3. The number of alkyl halides is 2. The molecule has 31 heavy (non-hydrogen) atoms. The third kappa shape index (κ3) is 6.65. The molecule has 3 aromatic carbocycles. The van der Waals surface area contributed by atoms with Crippen LogP contribution in [0, 0.1) is 0 Å². The van der Waals surface area contributed by atoms with Crippen LogP contribution in [-0.2, 0) is 6.61 Å². The summed E-state index contributed by atoms with van der Waals surface area (Å²) in [7, 11) is 1.58. The summed E-state index contributed by atoms with van der Waals surface area (Å²) < 4.78 is 41.2. The molecule has 0 N–H and O–H groups in total. The lowest BCUT2D eigenvalue weighted by atomic mass is 10.1. The highest BCUT2D eigenvalue weighted by atomic mass is 79.9. The maximum atomic E-state index is 12.4. The highest BCUT2D eigenvalue weighted by Gasteiger charge is 2.09. The Morgan fingerprint density at radius 2 is 1.81 bits per heavy atom. The Morgan fingerprint density at radius 1 is 1.03 bits per heavy atom. The van der Waals surface area contributed by atoms with Crippen molar-refractivity contribution >= 4 is 27.8 Å². The standard InChI is InChI=1S/C24H19BrF2O4/c1-29-23-12-6-16(13-18(23)15-30-20-9-7-19(25)8-10-20)5-11-22(28)17-3-2-4-21(14-17)31-24(26)27/h2-14,24H,15H2,1H3/b11-5+. The number of hydrogen-bond acceptors (Lipinski definition) is 4. The van der Waals surface area contributed by atoms with Gasteiger partial charge in [0.05, 0.1) is 7.11 Å². The third-order valence-corrected chi connectivity index (χ3v) is 4.81. The van der Waals surface area contributed by atoms with E-state index in [4.69, 9.17) is 9.47 Å². The maximum Gasteiger partial charge on any atom is 0.387 e.